The number of fused-ring (bicyclic) bond motifs is 1. The van der Waals surface area contributed by atoms with Crippen LogP contribution in [-0.2, 0) is 11.8 Å². The summed E-state index contributed by atoms with van der Waals surface area (Å²) in [7, 11) is 2.13. The summed E-state index contributed by atoms with van der Waals surface area (Å²) in [6, 6.07) is 1.95. The van der Waals surface area contributed by atoms with Gasteiger partial charge in [0.15, 0.2) is 5.84 Å². The maximum absolute atomic E-state index is 11.4. The minimum absolute atomic E-state index is 0.0000707. The number of thiophene rings is 1. The molecule has 43 heavy (non-hydrogen) atoms. The largest absolute Gasteiger partial charge is 0.396 e. The fraction of sp³-hybridized carbons (Fsp3) is 0.613. The van der Waals surface area contributed by atoms with Gasteiger partial charge in [-0.1, -0.05) is 13.0 Å². The number of aryl methyl sites for hydroxylation is 1. The predicted octanol–water partition coefficient (Wildman–Crippen LogP) is 2.64. The monoisotopic (exact) mass is 606 g/mol. The molecule has 232 valence electrons. The molecule has 2 aromatic rings. The number of nitrogens with one attached hydrogen (secondary N) is 2. The number of nitrogens with two attached hydrogens (primary N) is 2. The average molecular weight is 607 g/mol. The van der Waals surface area contributed by atoms with Gasteiger partial charge in [-0.2, -0.15) is 4.98 Å². The highest BCUT2D eigenvalue weighted by molar-refractivity contribution is 7.16. The topological polar surface area (TPSA) is 156 Å². The fourth-order valence-corrected chi connectivity index (χ4v) is 8.64. The van der Waals surface area contributed by atoms with Crippen molar-refractivity contribution in [2.75, 3.05) is 74.1 Å². The first kappa shape index (κ1) is 30.0. The van der Waals surface area contributed by atoms with E-state index in [4.69, 9.17) is 26.8 Å². The first-order valence-electron chi connectivity index (χ1n) is 15.5. The highest BCUT2D eigenvalue weighted by Gasteiger charge is 2.42. The Morgan fingerprint density at radius 1 is 1.26 bits per heavy atom. The van der Waals surface area contributed by atoms with Crippen LogP contribution in [0.25, 0.3) is 0 Å². The molecule has 11 nitrogen and oxygen atoms in total. The molecule has 0 bridgehead atoms. The van der Waals surface area contributed by atoms with Crippen molar-refractivity contribution < 1.29 is 5.11 Å². The van der Waals surface area contributed by atoms with Crippen molar-refractivity contribution in [3.63, 3.8) is 0 Å². The summed E-state index contributed by atoms with van der Waals surface area (Å²) in [6.45, 7) is 12.7. The Morgan fingerprint density at radius 3 is 2.86 bits per heavy atom. The molecule has 0 saturated carbocycles. The van der Waals surface area contributed by atoms with Crippen LogP contribution in [0.5, 0.6) is 0 Å². The Balaban J connectivity index is 1.31. The predicted molar refractivity (Wildman–Crippen MR) is 177 cm³/mol. The first-order valence-corrected chi connectivity index (χ1v) is 16.3. The van der Waals surface area contributed by atoms with Crippen molar-refractivity contribution in [1.29, 1.82) is 5.41 Å². The highest BCUT2D eigenvalue weighted by Crippen LogP contribution is 2.48. The molecule has 2 aromatic heterocycles. The molecule has 4 atom stereocenters. The number of nitrogens with zero attached hydrogens (tertiary/aromatic N) is 6. The molecule has 0 radical (unpaired) electrons. The molecule has 6 rings (SSSR count). The highest BCUT2D eigenvalue weighted by atomic mass is 32.1. The van der Waals surface area contributed by atoms with Gasteiger partial charge in [0, 0.05) is 66.3 Å². The van der Waals surface area contributed by atoms with Crippen molar-refractivity contribution in [2.45, 2.75) is 63.0 Å². The van der Waals surface area contributed by atoms with E-state index < -0.39 is 11.5 Å². The lowest BCUT2D eigenvalue weighted by molar-refractivity contribution is 0.141. The van der Waals surface area contributed by atoms with E-state index >= 15 is 0 Å². The second-order valence-electron chi connectivity index (χ2n) is 13.1. The van der Waals surface area contributed by atoms with Crippen molar-refractivity contribution in [2.24, 2.45) is 10.4 Å². The van der Waals surface area contributed by atoms with Gasteiger partial charge in [0.25, 0.3) is 0 Å². The van der Waals surface area contributed by atoms with Gasteiger partial charge < -0.3 is 36.6 Å². The van der Waals surface area contributed by atoms with Crippen LogP contribution in [0.1, 0.15) is 55.2 Å². The minimum Gasteiger partial charge on any atom is -0.396 e. The van der Waals surface area contributed by atoms with Crippen LogP contribution in [0.15, 0.2) is 23.7 Å². The smallest absolute Gasteiger partial charge is 0.228 e. The van der Waals surface area contributed by atoms with Crippen molar-refractivity contribution in [1.82, 2.24) is 20.2 Å². The maximum Gasteiger partial charge on any atom is 0.228 e. The number of hydrogen-bond acceptors (Lipinski definition) is 11. The van der Waals surface area contributed by atoms with Gasteiger partial charge in [-0.15, -0.1) is 17.9 Å². The van der Waals surface area contributed by atoms with E-state index in [1.54, 1.807) is 0 Å². The van der Waals surface area contributed by atoms with E-state index in [2.05, 4.69) is 38.6 Å². The first-order chi connectivity index (χ1) is 20.6. The number of anilines is 4. The molecule has 1 spiro atoms. The number of rotatable bonds is 6. The standard InChI is InChI=1S/C31H46N10OS/c1-4-20-17-39(3)12-6-13-41(20)29-37-21(15-24(38-29)40-14-10-31(19-40)9-11-35-18-31)27(33)36-16-23(42)30(2)8-5-7-22-25(30)26(32)28(34)43-22/h4,15-16,20,23,33,35,42H,1,5-14,17-19,32,34H2,2-3H3/t20-,23+,30+,31?/m0/s1. The lowest BCUT2D eigenvalue weighted by Crippen LogP contribution is -2.41. The molecule has 1 aliphatic carbocycles. The van der Waals surface area contributed by atoms with Crippen LogP contribution < -0.4 is 26.6 Å². The van der Waals surface area contributed by atoms with Gasteiger partial charge >= 0.3 is 0 Å². The number of likely N-dealkylation sites (N-methyl/N-ethyl adjacent to an activating group) is 1. The van der Waals surface area contributed by atoms with E-state index in [9.17, 15) is 5.11 Å². The number of amidine groups is 1. The number of aliphatic imine (C=N–C) groups is 1. The molecule has 0 amide bonds. The third kappa shape index (κ3) is 5.65. The molecular weight excluding hydrogens is 560 g/mol. The molecule has 7 N–H and O–H groups in total. The quantitative estimate of drug-likeness (QED) is 0.190. The van der Waals surface area contributed by atoms with Crippen molar-refractivity contribution >= 4 is 45.8 Å². The summed E-state index contributed by atoms with van der Waals surface area (Å²) in [5.41, 5.74) is 14.1. The molecule has 3 aliphatic heterocycles. The van der Waals surface area contributed by atoms with Crippen molar-refractivity contribution in [3.8, 4) is 0 Å². The summed E-state index contributed by atoms with van der Waals surface area (Å²) in [6.07, 6.45) is 8.41. The van der Waals surface area contributed by atoms with Crippen molar-refractivity contribution in [3.05, 3.63) is 34.9 Å². The minimum atomic E-state index is -0.927. The lowest BCUT2D eigenvalue weighted by Gasteiger charge is -2.37. The van der Waals surface area contributed by atoms with Crippen LogP contribution >= 0.6 is 11.3 Å². The summed E-state index contributed by atoms with van der Waals surface area (Å²) in [5, 5.41) is 24.6. The summed E-state index contributed by atoms with van der Waals surface area (Å²) in [5.74, 6) is 1.43. The molecule has 3 saturated heterocycles. The zero-order valence-corrected chi connectivity index (χ0v) is 26.3. The number of aliphatic hydroxyl groups is 1. The third-order valence-electron chi connectivity index (χ3n) is 10.1. The summed E-state index contributed by atoms with van der Waals surface area (Å²) >= 11 is 1.51. The van der Waals surface area contributed by atoms with E-state index in [-0.39, 0.29) is 17.3 Å². The molecule has 3 fully saturated rings. The van der Waals surface area contributed by atoms with E-state index in [1.165, 1.54) is 24.0 Å². The third-order valence-corrected chi connectivity index (χ3v) is 11.2. The molecular formula is C31H46N10OS. The van der Waals surface area contributed by atoms with Gasteiger partial charge in [-0.05, 0) is 58.7 Å². The van der Waals surface area contributed by atoms with Gasteiger partial charge in [0.05, 0.1) is 17.8 Å². The van der Waals surface area contributed by atoms with E-state index in [0.717, 1.165) is 94.2 Å². The Morgan fingerprint density at radius 2 is 2.09 bits per heavy atom. The Labute approximate surface area is 258 Å². The molecule has 4 aliphatic rings. The van der Waals surface area contributed by atoms with Crippen LogP contribution in [0, 0.1) is 10.8 Å². The Bertz CT molecular complexity index is 1400. The normalized spacial score (nSPS) is 28.9. The summed E-state index contributed by atoms with van der Waals surface area (Å²) in [4.78, 5) is 22.5. The van der Waals surface area contributed by atoms with Crippen LogP contribution in [-0.4, -0.2) is 97.0 Å². The Kier molecular flexibility index (Phi) is 8.22. The second-order valence-corrected chi connectivity index (χ2v) is 14.3. The zero-order chi connectivity index (χ0) is 30.4. The molecule has 5 heterocycles. The molecule has 12 heteroatoms. The van der Waals surface area contributed by atoms with E-state index in [0.29, 0.717) is 22.3 Å². The van der Waals surface area contributed by atoms with Crippen LogP contribution in [0.2, 0.25) is 0 Å². The average Bonchev–Trinajstić information content (AvgIpc) is 3.68. The van der Waals surface area contributed by atoms with Gasteiger partial charge in [0.1, 0.15) is 16.5 Å². The second kappa shape index (κ2) is 11.8. The number of nitrogen functional groups attached to an aromatic ring is 2. The van der Waals surface area contributed by atoms with E-state index in [1.807, 2.05) is 19.1 Å². The number of aromatic nitrogens is 2. The fourth-order valence-electron chi connectivity index (χ4n) is 7.47. The number of hydrogen-bond donors (Lipinski definition) is 5. The zero-order valence-electron chi connectivity index (χ0n) is 25.5. The van der Waals surface area contributed by atoms with Crippen LogP contribution in [0.4, 0.5) is 22.5 Å². The molecule has 0 aromatic carbocycles. The van der Waals surface area contributed by atoms with Gasteiger partial charge in [-0.3, -0.25) is 5.41 Å². The van der Waals surface area contributed by atoms with Gasteiger partial charge in [-0.25, -0.2) is 9.98 Å². The lowest BCUT2D eigenvalue weighted by atomic mass is 9.70. The van der Waals surface area contributed by atoms with Crippen LogP contribution in [0.3, 0.4) is 0 Å². The maximum atomic E-state index is 11.4. The SMILES string of the molecule is C=C[C@H]1CN(C)CCCN1c1nc(C(=N)N=C[C@@H](O)[C@@]2(C)CCCc3sc(N)c(N)c32)cc(N2CCC3(CCNC3)C2)n1. The summed E-state index contributed by atoms with van der Waals surface area (Å²) < 4.78 is 0. The van der Waals surface area contributed by atoms with Gasteiger partial charge in [0.2, 0.25) is 5.95 Å². The molecule has 1 unspecified atom stereocenters. The Hall–Kier alpha value is -3.06. The number of aliphatic hydroxyl groups excluding tert-OH is 1.